The second-order valence-electron chi connectivity index (χ2n) is 3.98. The van der Waals surface area contributed by atoms with E-state index in [1.54, 1.807) is 0 Å². The van der Waals surface area contributed by atoms with E-state index in [2.05, 4.69) is 14.7 Å². The highest BCUT2D eigenvalue weighted by molar-refractivity contribution is 5.93. The van der Waals surface area contributed by atoms with Crippen molar-refractivity contribution in [3.05, 3.63) is 35.7 Å². The summed E-state index contributed by atoms with van der Waals surface area (Å²) in [6.07, 6.45) is -4.69. The Labute approximate surface area is 117 Å². The average Bonchev–Trinajstić information content (AvgIpc) is 2.95. The lowest BCUT2D eigenvalue weighted by molar-refractivity contribution is -0.159. The molecule has 0 atom stereocenters. The Bertz CT molecular complexity index is 637. The first kappa shape index (κ1) is 15.0. The van der Waals surface area contributed by atoms with Gasteiger partial charge < -0.3 is 4.52 Å². The van der Waals surface area contributed by atoms with Gasteiger partial charge in [0.25, 0.3) is 5.91 Å². The maximum atomic E-state index is 12.4. The molecule has 21 heavy (non-hydrogen) atoms. The van der Waals surface area contributed by atoms with Crippen molar-refractivity contribution in [1.29, 1.82) is 0 Å². The fourth-order valence-electron chi connectivity index (χ4n) is 1.48. The van der Waals surface area contributed by atoms with Gasteiger partial charge in [-0.05, 0) is 12.1 Å². The number of benzene rings is 1. The molecule has 1 amide bonds. The van der Waals surface area contributed by atoms with Crippen LogP contribution in [0.3, 0.4) is 0 Å². The van der Waals surface area contributed by atoms with Crippen LogP contribution in [0, 0.1) is 0 Å². The van der Waals surface area contributed by atoms with Crippen LogP contribution in [0.15, 0.2) is 28.8 Å². The smallest absolute Gasteiger partial charge is 0.329 e. The Balaban J connectivity index is 2.23. The summed E-state index contributed by atoms with van der Waals surface area (Å²) in [4.78, 5) is 19.8. The van der Waals surface area contributed by atoms with Gasteiger partial charge in [0.1, 0.15) is 0 Å². The Morgan fingerprint density at radius 1 is 1.29 bits per heavy atom. The summed E-state index contributed by atoms with van der Waals surface area (Å²) in [6.45, 7) is 0. The SMILES string of the molecule is CON(C)C(=O)c1ccc(-c2noc(C(F)(F)F)n2)cc1. The molecule has 1 heterocycles. The highest BCUT2D eigenvalue weighted by atomic mass is 19.4. The van der Waals surface area contributed by atoms with Crippen LogP contribution < -0.4 is 0 Å². The molecule has 0 spiro atoms. The number of amides is 1. The summed E-state index contributed by atoms with van der Waals surface area (Å²) in [6, 6.07) is 5.69. The first-order chi connectivity index (χ1) is 9.82. The summed E-state index contributed by atoms with van der Waals surface area (Å²) < 4.78 is 41.2. The zero-order valence-corrected chi connectivity index (χ0v) is 11.0. The molecule has 1 aromatic carbocycles. The fourth-order valence-corrected chi connectivity index (χ4v) is 1.48. The lowest BCUT2D eigenvalue weighted by Gasteiger charge is -2.13. The predicted octanol–water partition coefficient (Wildman–Crippen LogP) is 2.39. The third-order valence-electron chi connectivity index (χ3n) is 2.62. The zero-order chi connectivity index (χ0) is 15.6. The van der Waals surface area contributed by atoms with E-state index in [1.165, 1.54) is 38.4 Å². The molecular weight excluding hydrogens is 291 g/mol. The monoisotopic (exact) mass is 301 g/mol. The summed E-state index contributed by atoms with van der Waals surface area (Å²) in [7, 11) is 2.77. The Hall–Kier alpha value is -2.42. The molecule has 2 rings (SSSR count). The maximum absolute atomic E-state index is 12.4. The van der Waals surface area contributed by atoms with Crippen LogP contribution >= 0.6 is 0 Å². The maximum Gasteiger partial charge on any atom is 0.471 e. The molecule has 0 radical (unpaired) electrons. The van der Waals surface area contributed by atoms with E-state index >= 15 is 0 Å². The van der Waals surface area contributed by atoms with Crippen molar-refractivity contribution in [2.45, 2.75) is 6.18 Å². The van der Waals surface area contributed by atoms with Gasteiger partial charge in [-0.2, -0.15) is 18.2 Å². The summed E-state index contributed by atoms with van der Waals surface area (Å²) in [5.74, 6) is -2.02. The molecular formula is C12H10F3N3O3. The minimum absolute atomic E-state index is 0.207. The van der Waals surface area contributed by atoms with E-state index in [0.717, 1.165) is 5.06 Å². The lowest BCUT2D eigenvalue weighted by Crippen LogP contribution is -2.25. The minimum Gasteiger partial charge on any atom is -0.329 e. The van der Waals surface area contributed by atoms with Crippen molar-refractivity contribution in [3.63, 3.8) is 0 Å². The van der Waals surface area contributed by atoms with E-state index in [1.807, 2.05) is 0 Å². The summed E-state index contributed by atoms with van der Waals surface area (Å²) >= 11 is 0. The second-order valence-corrected chi connectivity index (χ2v) is 3.98. The van der Waals surface area contributed by atoms with Crippen LogP contribution in [0.1, 0.15) is 16.2 Å². The molecule has 0 aliphatic heterocycles. The van der Waals surface area contributed by atoms with Crippen molar-refractivity contribution in [3.8, 4) is 11.4 Å². The van der Waals surface area contributed by atoms with Crippen LogP contribution in [0.25, 0.3) is 11.4 Å². The van der Waals surface area contributed by atoms with Gasteiger partial charge in [0.2, 0.25) is 5.82 Å². The van der Waals surface area contributed by atoms with E-state index in [-0.39, 0.29) is 5.82 Å². The second kappa shape index (κ2) is 5.52. The molecule has 0 bridgehead atoms. The summed E-state index contributed by atoms with van der Waals surface area (Å²) in [5.41, 5.74) is 0.605. The number of carbonyl (C=O) groups is 1. The van der Waals surface area contributed by atoms with Crippen LogP contribution in [-0.4, -0.2) is 35.3 Å². The van der Waals surface area contributed by atoms with Gasteiger partial charge in [-0.25, -0.2) is 5.06 Å². The molecule has 0 aliphatic carbocycles. The van der Waals surface area contributed by atoms with Gasteiger partial charge in [-0.1, -0.05) is 17.3 Å². The largest absolute Gasteiger partial charge is 0.471 e. The van der Waals surface area contributed by atoms with Gasteiger partial charge in [-0.3, -0.25) is 9.63 Å². The Morgan fingerprint density at radius 3 is 2.38 bits per heavy atom. The Morgan fingerprint density at radius 2 is 1.90 bits per heavy atom. The van der Waals surface area contributed by atoms with Crippen molar-refractivity contribution in [2.24, 2.45) is 0 Å². The highest BCUT2D eigenvalue weighted by Gasteiger charge is 2.38. The zero-order valence-electron chi connectivity index (χ0n) is 11.0. The van der Waals surface area contributed by atoms with Crippen molar-refractivity contribution >= 4 is 5.91 Å². The van der Waals surface area contributed by atoms with E-state index in [4.69, 9.17) is 4.84 Å². The molecule has 6 nitrogen and oxygen atoms in total. The van der Waals surface area contributed by atoms with E-state index < -0.39 is 18.0 Å². The predicted molar refractivity (Wildman–Crippen MR) is 63.8 cm³/mol. The number of alkyl halides is 3. The van der Waals surface area contributed by atoms with Crippen LogP contribution in [0.4, 0.5) is 13.2 Å². The molecule has 112 valence electrons. The van der Waals surface area contributed by atoms with Crippen LogP contribution in [0.2, 0.25) is 0 Å². The number of nitrogens with zero attached hydrogens (tertiary/aromatic N) is 3. The molecule has 0 N–H and O–H groups in total. The molecule has 0 saturated heterocycles. The fraction of sp³-hybridized carbons (Fsp3) is 0.250. The number of halogens is 3. The molecule has 9 heteroatoms. The number of aromatic nitrogens is 2. The van der Waals surface area contributed by atoms with Crippen LogP contribution in [-0.2, 0) is 11.0 Å². The number of hydrogen-bond donors (Lipinski definition) is 0. The molecule has 0 unspecified atom stereocenters. The topological polar surface area (TPSA) is 68.5 Å². The molecule has 2 aromatic rings. The lowest BCUT2D eigenvalue weighted by atomic mass is 10.1. The highest BCUT2D eigenvalue weighted by Crippen LogP contribution is 2.29. The van der Waals surface area contributed by atoms with Gasteiger partial charge >= 0.3 is 12.1 Å². The number of hydroxylamine groups is 2. The third-order valence-corrected chi connectivity index (χ3v) is 2.62. The molecule has 0 aliphatic rings. The Kier molecular flexibility index (Phi) is 3.94. The van der Waals surface area contributed by atoms with E-state index in [0.29, 0.717) is 11.1 Å². The van der Waals surface area contributed by atoms with Crippen molar-refractivity contribution in [1.82, 2.24) is 15.2 Å². The van der Waals surface area contributed by atoms with E-state index in [9.17, 15) is 18.0 Å². The first-order valence-corrected chi connectivity index (χ1v) is 5.66. The first-order valence-electron chi connectivity index (χ1n) is 5.66. The van der Waals surface area contributed by atoms with Crippen LogP contribution in [0.5, 0.6) is 0 Å². The van der Waals surface area contributed by atoms with Gasteiger partial charge in [0.15, 0.2) is 0 Å². The van der Waals surface area contributed by atoms with Gasteiger partial charge in [-0.15, -0.1) is 0 Å². The number of hydrogen-bond acceptors (Lipinski definition) is 5. The van der Waals surface area contributed by atoms with Crippen molar-refractivity contribution in [2.75, 3.05) is 14.2 Å². The average molecular weight is 301 g/mol. The third kappa shape index (κ3) is 3.19. The molecule has 0 saturated carbocycles. The minimum atomic E-state index is -4.69. The molecule has 1 aromatic heterocycles. The molecule has 0 fully saturated rings. The van der Waals surface area contributed by atoms with Gasteiger partial charge in [0, 0.05) is 18.2 Å². The van der Waals surface area contributed by atoms with Gasteiger partial charge in [0.05, 0.1) is 7.11 Å². The number of rotatable bonds is 3. The summed E-state index contributed by atoms with van der Waals surface area (Å²) in [5, 5.41) is 4.27. The standard InChI is InChI=1S/C12H10F3N3O3/c1-18(20-2)10(19)8-5-3-7(4-6-8)9-16-11(21-17-9)12(13,14)15/h3-6H,1-2H3. The van der Waals surface area contributed by atoms with Crippen molar-refractivity contribution < 1.29 is 27.3 Å². The normalized spacial score (nSPS) is 11.5. The number of carbonyl (C=O) groups excluding carboxylic acids is 1. The quantitative estimate of drug-likeness (QED) is 0.814.